The van der Waals surface area contributed by atoms with Crippen LogP contribution in [0.25, 0.3) is 22.2 Å². The normalized spacial score (nSPS) is 12.5. The van der Waals surface area contributed by atoms with Crippen LogP contribution in [-0.4, -0.2) is 22.9 Å². The number of nitrogens with zero attached hydrogens (tertiary/aromatic N) is 3. The first-order valence-corrected chi connectivity index (χ1v) is 8.54. The summed E-state index contributed by atoms with van der Waals surface area (Å²) >= 11 is 1.59. The molecule has 118 valence electrons. The number of aromatic nitrogens is 2. The highest BCUT2D eigenvalue weighted by atomic mass is 32.1. The number of nitrogens with one attached hydrogen (secondary N) is 1. The number of fused-ring (bicyclic) bond motifs is 1. The number of hydrogen-bond acceptors (Lipinski definition) is 3. The topological polar surface area (TPSA) is 45.4 Å². The fourth-order valence-corrected chi connectivity index (χ4v) is 3.49. The lowest BCUT2D eigenvalue weighted by molar-refractivity contribution is 0.848. The number of benzene rings is 2. The first kappa shape index (κ1) is 14.7. The molecular formula is C19H16N4S. The maximum atomic E-state index is 4.69. The standard InChI is InChI=1S/C19H16N4S/c1-20-19-23(18(13-24-19)14-7-3-2-4-8-14)22-12-15-11-21-17-10-6-5-9-16(15)17/h2-13,21H,1H3. The Balaban J connectivity index is 1.81. The van der Waals surface area contributed by atoms with Crippen molar-refractivity contribution in [3.63, 3.8) is 0 Å². The van der Waals surface area contributed by atoms with Crippen molar-refractivity contribution >= 4 is 28.5 Å². The summed E-state index contributed by atoms with van der Waals surface area (Å²) in [7, 11) is 1.79. The molecule has 2 aromatic heterocycles. The van der Waals surface area contributed by atoms with Crippen LogP contribution in [0.1, 0.15) is 5.56 Å². The maximum Gasteiger partial charge on any atom is 0.205 e. The Morgan fingerprint density at radius 3 is 2.67 bits per heavy atom. The van der Waals surface area contributed by atoms with E-state index in [-0.39, 0.29) is 0 Å². The molecule has 0 aliphatic heterocycles. The monoisotopic (exact) mass is 332 g/mol. The van der Waals surface area contributed by atoms with Crippen molar-refractivity contribution < 1.29 is 0 Å². The van der Waals surface area contributed by atoms with E-state index < -0.39 is 0 Å². The molecule has 0 bridgehead atoms. The quantitative estimate of drug-likeness (QED) is 0.549. The first-order valence-electron chi connectivity index (χ1n) is 7.66. The fourth-order valence-electron chi connectivity index (χ4n) is 2.69. The van der Waals surface area contributed by atoms with Gasteiger partial charge in [0.2, 0.25) is 4.80 Å². The van der Waals surface area contributed by atoms with Crippen molar-refractivity contribution in [3.8, 4) is 11.3 Å². The van der Waals surface area contributed by atoms with Crippen LogP contribution in [0.5, 0.6) is 0 Å². The van der Waals surface area contributed by atoms with Gasteiger partial charge in [0.15, 0.2) is 0 Å². The zero-order valence-electron chi connectivity index (χ0n) is 13.2. The molecule has 0 radical (unpaired) electrons. The van der Waals surface area contributed by atoms with Gasteiger partial charge < -0.3 is 4.98 Å². The molecule has 0 saturated carbocycles. The lowest BCUT2D eigenvalue weighted by atomic mass is 10.2. The number of aromatic amines is 1. The van der Waals surface area contributed by atoms with E-state index in [0.29, 0.717) is 0 Å². The van der Waals surface area contributed by atoms with E-state index in [1.807, 2.05) is 47.4 Å². The lowest BCUT2D eigenvalue weighted by Crippen LogP contribution is -2.11. The van der Waals surface area contributed by atoms with E-state index in [2.05, 4.69) is 39.6 Å². The number of H-pyrrole nitrogens is 1. The predicted octanol–water partition coefficient (Wildman–Crippen LogP) is 4.11. The Hall–Kier alpha value is -2.92. The molecule has 0 unspecified atom stereocenters. The van der Waals surface area contributed by atoms with Gasteiger partial charge in [-0.05, 0) is 6.07 Å². The van der Waals surface area contributed by atoms with Crippen LogP contribution in [-0.2, 0) is 0 Å². The molecule has 4 rings (SSSR count). The Kier molecular flexibility index (Phi) is 3.84. The third-order valence-corrected chi connectivity index (χ3v) is 4.79. The summed E-state index contributed by atoms with van der Waals surface area (Å²) in [6.07, 6.45) is 3.86. The average Bonchev–Trinajstić information content (AvgIpc) is 3.24. The van der Waals surface area contributed by atoms with Crippen LogP contribution in [0.15, 0.2) is 76.3 Å². The summed E-state index contributed by atoms with van der Waals surface area (Å²) in [5.41, 5.74) is 4.33. The van der Waals surface area contributed by atoms with Gasteiger partial charge in [0.05, 0.1) is 11.9 Å². The minimum Gasteiger partial charge on any atom is -0.361 e. The van der Waals surface area contributed by atoms with Crippen molar-refractivity contribution in [2.45, 2.75) is 0 Å². The molecule has 0 amide bonds. The summed E-state index contributed by atoms with van der Waals surface area (Å²) in [5.74, 6) is 0. The summed E-state index contributed by atoms with van der Waals surface area (Å²) in [4.78, 5) is 8.48. The third kappa shape index (κ3) is 2.59. The molecule has 5 heteroatoms. The number of para-hydroxylation sites is 1. The molecule has 1 N–H and O–H groups in total. The van der Waals surface area contributed by atoms with E-state index in [1.54, 1.807) is 18.4 Å². The second-order valence-electron chi connectivity index (χ2n) is 5.34. The van der Waals surface area contributed by atoms with E-state index in [9.17, 15) is 0 Å². The number of thiazole rings is 1. The Morgan fingerprint density at radius 1 is 1.04 bits per heavy atom. The smallest absolute Gasteiger partial charge is 0.205 e. The van der Waals surface area contributed by atoms with Gasteiger partial charge in [-0.25, -0.2) is 4.68 Å². The van der Waals surface area contributed by atoms with Gasteiger partial charge in [0.1, 0.15) is 0 Å². The molecule has 2 aromatic carbocycles. The van der Waals surface area contributed by atoms with Gasteiger partial charge in [-0.15, -0.1) is 11.3 Å². The van der Waals surface area contributed by atoms with Crippen molar-refractivity contribution in [1.82, 2.24) is 9.66 Å². The zero-order valence-corrected chi connectivity index (χ0v) is 14.0. The van der Waals surface area contributed by atoms with Crippen LogP contribution in [0, 0.1) is 0 Å². The van der Waals surface area contributed by atoms with Gasteiger partial charge in [-0.2, -0.15) is 5.10 Å². The first-order chi connectivity index (χ1) is 11.9. The minimum absolute atomic E-state index is 0.866. The van der Waals surface area contributed by atoms with Crippen molar-refractivity contribution in [2.75, 3.05) is 7.05 Å². The molecule has 4 nitrogen and oxygen atoms in total. The molecule has 0 aliphatic carbocycles. The SMILES string of the molecule is CN=c1scc(-c2ccccc2)n1N=Cc1c[nH]c2ccccc12. The van der Waals surface area contributed by atoms with E-state index in [1.165, 1.54) is 0 Å². The second-order valence-corrected chi connectivity index (χ2v) is 6.18. The van der Waals surface area contributed by atoms with E-state index in [4.69, 9.17) is 5.10 Å². The average molecular weight is 332 g/mol. The highest BCUT2D eigenvalue weighted by Gasteiger charge is 2.07. The summed E-state index contributed by atoms with van der Waals surface area (Å²) < 4.78 is 1.89. The van der Waals surface area contributed by atoms with Gasteiger partial charge in [0, 0.05) is 40.7 Å². The molecule has 0 atom stereocenters. The fraction of sp³-hybridized carbons (Fsp3) is 0.0526. The van der Waals surface area contributed by atoms with Gasteiger partial charge in [-0.1, -0.05) is 48.5 Å². The van der Waals surface area contributed by atoms with Gasteiger partial charge >= 0.3 is 0 Å². The number of rotatable bonds is 3. The van der Waals surface area contributed by atoms with Crippen LogP contribution in [0.4, 0.5) is 0 Å². The van der Waals surface area contributed by atoms with Crippen LogP contribution in [0.3, 0.4) is 0 Å². The highest BCUT2D eigenvalue weighted by Crippen LogP contribution is 2.20. The summed E-state index contributed by atoms with van der Waals surface area (Å²) in [6, 6.07) is 18.5. The lowest BCUT2D eigenvalue weighted by Gasteiger charge is -2.02. The minimum atomic E-state index is 0.866. The molecule has 24 heavy (non-hydrogen) atoms. The molecule has 4 aromatic rings. The zero-order chi connectivity index (χ0) is 16.4. The van der Waals surface area contributed by atoms with Gasteiger partial charge in [0.25, 0.3) is 0 Å². The second kappa shape index (κ2) is 6.29. The van der Waals surface area contributed by atoms with Crippen molar-refractivity contribution in [1.29, 1.82) is 0 Å². The van der Waals surface area contributed by atoms with E-state index >= 15 is 0 Å². The largest absolute Gasteiger partial charge is 0.361 e. The van der Waals surface area contributed by atoms with Gasteiger partial charge in [-0.3, -0.25) is 4.99 Å². The molecular weight excluding hydrogens is 316 g/mol. The molecule has 2 heterocycles. The Bertz CT molecular complexity index is 1070. The highest BCUT2D eigenvalue weighted by molar-refractivity contribution is 7.07. The Labute approximate surface area is 143 Å². The summed E-state index contributed by atoms with van der Waals surface area (Å²) in [6.45, 7) is 0. The molecule has 0 spiro atoms. The van der Waals surface area contributed by atoms with Crippen molar-refractivity contribution in [2.24, 2.45) is 10.1 Å². The molecule has 0 fully saturated rings. The van der Waals surface area contributed by atoms with Crippen LogP contribution < -0.4 is 4.80 Å². The summed E-state index contributed by atoms with van der Waals surface area (Å²) in [5, 5.41) is 7.94. The maximum absolute atomic E-state index is 4.69. The van der Waals surface area contributed by atoms with Crippen LogP contribution in [0.2, 0.25) is 0 Å². The number of hydrogen-bond donors (Lipinski definition) is 1. The predicted molar refractivity (Wildman–Crippen MR) is 101 cm³/mol. The molecule has 0 aliphatic rings. The molecule has 0 saturated heterocycles. The van der Waals surface area contributed by atoms with Crippen LogP contribution >= 0.6 is 11.3 Å². The Morgan fingerprint density at radius 2 is 1.83 bits per heavy atom. The third-order valence-electron chi connectivity index (χ3n) is 3.88. The van der Waals surface area contributed by atoms with Crippen molar-refractivity contribution in [3.05, 3.63) is 76.5 Å². The van der Waals surface area contributed by atoms with E-state index in [0.717, 1.165) is 32.5 Å².